The second kappa shape index (κ2) is 8.66. The van der Waals surface area contributed by atoms with Crippen molar-refractivity contribution >= 4 is 17.6 Å². The molecule has 0 heterocycles. The SMILES string of the molecule is O=C([O-])C1=C(C(=O)Nc2cc(C(F)(F)F)cc(C(F)(F)F)c2)CCCC1.[Na+]. The average molecular weight is 403 g/mol. The summed E-state index contributed by atoms with van der Waals surface area (Å²) in [5.74, 6) is -2.65. The Morgan fingerprint density at radius 3 is 1.70 bits per heavy atom. The van der Waals surface area contributed by atoms with Crippen molar-refractivity contribution in [1.29, 1.82) is 0 Å². The van der Waals surface area contributed by atoms with Gasteiger partial charge in [-0.25, -0.2) is 0 Å². The molecule has 1 N–H and O–H groups in total. The van der Waals surface area contributed by atoms with Crippen molar-refractivity contribution in [1.82, 2.24) is 0 Å². The molecule has 142 valence electrons. The normalized spacial score (nSPS) is 15.2. The molecule has 1 aromatic carbocycles. The minimum absolute atomic E-state index is 0. The van der Waals surface area contributed by atoms with Crippen LogP contribution in [0, 0.1) is 0 Å². The molecule has 27 heavy (non-hydrogen) atoms. The summed E-state index contributed by atoms with van der Waals surface area (Å²) >= 11 is 0. The van der Waals surface area contributed by atoms with E-state index < -0.39 is 41.0 Å². The van der Waals surface area contributed by atoms with Crippen LogP contribution in [0.25, 0.3) is 0 Å². The summed E-state index contributed by atoms with van der Waals surface area (Å²) in [5.41, 5.74) is -4.40. The van der Waals surface area contributed by atoms with E-state index in [0.717, 1.165) is 0 Å². The maximum atomic E-state index is 12.8. The number of nitrogens with one attached hydrogen (secondary N) is 1. The molecule has 0 saturated carbocycles. The second-order valence-corrected chi connectivity index (χ2v) is 5.70. The maximum Gasteiger partial charge on any atom is 1.00 e. The number of hydrogen-bond acceptors (Lipinski definition) is 3. The summed E-state index contributed by atoms with van der Waals surface area (Å²) in [5, 5.41) is 13.0. The van der Waals surface area contributed by atoms with Gasteiger partial charge in [-0.1, -0.05) is 0 Å². The van der Waals surface area contributed by atoms with E-state index in [4.69, 9.17) is 0 Å². The number of aliphatic carboxylic acids is 1. The Morgan fingerprint density at radius 1 is 0.852 bits per heavy atom. The Kier molecular flexibility index (Phi) is 7.54. The number of rotatable bonds is 3. The molecule has 11 heteroatoms. The van der Waals surface area contributed by atoms with Gasteiger partial charge in [0.15, 0.2) is 0 Å². The van der Waals surface area contributed by atoms with E-state index in [1.54, 1.807) is 0 Å². The van der Waals surface area contributed by atoms with Crippen LogP contribution in [-0.4, -0.2) is 11.9 Å². The molecule has 0 saturated heterocycles. The summed E-state index contributed by atoms with van der Waals surface area (Å²) in [7, 11) is 0. The second-order valence-electron chi connectivity index (χ2n) is 5.70. The first kappa shape index (κ1) is 23.5. The Hall–Kier alpha value is -1.52. The number of carboxylic acid groups (broad SMARTS) is 1. The number of carbonyl (C=O) groups excluding carboxylic acids is 2. The van der Waals surface area contributed by atoms with Gasteiger partial charge in [0.25, 0.3) is 5.91 Å². The van der Waals surface area contributed by atoms with Gasteiger partial charge in [0, 0.05) is 11.3 Å². The first-order chi connectivity index (χ1) is 11.9. The third-order valence-electron chi connectivity index (χ3n) is 3.83. The van der Waals surface area contributed by atoms with E-state index >= 15 is 0 Å². The van der Waals surface area contributed by atoms with Gasteiger partial charge in [0.1, 0.15) is 0 Å². The third-order valence-corrected chi connectivity index (χ3v) is 3.83. The predicted molar refractivity (Wildman–Crippen MR) is 75.6 cm³/mol. The van der Waals surface area contributed by atoms with Gasteiger partial charge in [-0.15, -0.1) is 0 Å². The molecule has 0 aromatic heterocycles. The van der Waals surface area contributed by atoms with Crippen molar-refractivity contribution in [3.05, 3.63) is 40.5 Å². The van der Waals surface area contributed by atoms with Crippen molar-refractivity contribution in [3.63, 3.8) is 0 Å². The number of alkyl halides is 6. The zero-order chi connectivity index (χ0) is 19.7. The van der Waals surface area contributed by atoms with E-state index in [0.29, 0.717) is 25.0 Å². The monoisotopic (exact) mass is 403 g/mol. The van der Waals surface area contributed by atoms with E-state index in [1.165, 1.54) is 0 Å². The summed E-state index contributed by atoms with van der Waals surface area (Å²) in [6.07, 6.45) is -9.07. The zero-order valence-corrected chi connectivity index (χ0v) is 16.1. The molecule has 2 rings (SSSR count). The standard InChI is InChI=1S/C16H13F6NO3.Na/c17-15(18,19)8-5-9(16(20,21)22)7-10(6-8)23-13(24)11-3-1-2-4-12(11)14(25)26;/h5-7H,1-4H2,(H,23,24)(H,25,26);/q;+1/p-1. The molecule has 1 aliphatic rings. The van der Waals surface area contributed by atoms with Crippen LogP contribution in [0.2, 0.25) is 0 Å². The maximum absolute atomic E-state index is 12.8. The third kappa shape index (κ3) is 5.98. The smallest absolute Gasteiger partial charge is 0.545 e. The fourth-order valence-electron chi connectivity index (χ4n) is 2.61. The molecule has 4 nitrogen and oxygen atoms in total. The van der Waals surface area contributed by atoms with Gasteiger partial charge in [0.05, 0.1) is 17.1 Å². The van der Waals surface area contributed by atoms with E-state index in [-0.39, 0.29) is 59.6 Å². The Labute approximate surface area is 171 Å². The molecular weight excluding hydrogens is 391 g/mol. The number of halogens is 6. The summed E-state index contributed by atoms with van der Waals surface area (Å²) in [6.45, 7) is 0. The Morgan fingerprint density at radius 2 is 1.30 bits per heavy atom. The van der Waals surface area contributed by atoms with Crippen LogP contribution in [0.1, 0.15) is 36.8 Å². The van der Waals surface area contributed by atoms with E-state index in [9.17, 15) is 41.0 Å². The van der Waals surface area contributed by atoms with Crippen LogP contribution in [-0.2, 0) is 21.9 Å². The van der Waals surface area contributed by atoms with Gasteiger partial charge >= 0.3 is 41.9 Å². The topological polar surface area (TPSA) is 69.2 Å². The fraction of sp³-hybridized carbons (Fsp3) is 0.375. The van der Waals surface area contributed by atoms with Crippen LogP contribution < -0.4 is 40.0 Å². The zero-order valence-electron chi connectivity index (χ0n) is 14.1. The van der Waals surface area contributed by atoms with E-state index in [1.807, 2.05) is 5.32 Å². The summed E-state index contributed by atoms with van der Waals surface area (Å²) in [6, 6.07) is 0.645. The van der Waals surface area contributed by atoms with Crippen LogP contribution in [0.15, 0.2) is 29.3 Å². The number of amides is 1. The molecule has 0 unspecified atom stereocenters. The van der Waals surface area contributed by atoms with Crippen LogP contribution in [0.3, 0.4) is 0 Å². The minimum atomic E-state index is -5.05. The molecule has 1 aromatic rings. The molecule has 0 spiro atoms. The van der Waals surface area contributed by atoms with Crippen molar-refractivity contribution in [2.45, 2.75) is 38.0 Å². The van der Waals surface area contributed by atoms with Crippen molar-refractivity contribution in [3.8, 4) is 0 Å². The van der Waals surface area contributed by atoms with Gasteiger partial charge in [-0.05, 0) is 49.5 Å². The van der Waals surface area contributed by atoms with Crippen molar-refractivity contribution in [2.75, 3.05) is 5.32 Å². The first-order valence-electron chi connectivity index (χ1n) is 7.44. The first-order valence-corrected chi connectivity index (χ1v) is 7.44. The number of anilines is 1. The Bertz CT molecular complexity index is 738. The molecule has 0 radical (unpaired) electrons. The molecule has 1 amide bonds. The quantitative estimate of drug-likeness (QED) is 0.583. The number of hydrogen-bond donors (Lipinski definition) is 1. The summed E-state index contributed by atoms with van der Waals surface area (Å²) < 4.78 is 76.9. The van der Waals surface area contributed by atoms with Gasteiger partial charge in [0.2, 0.25) is 0 Å². The van der Waals surface area contributed by atoms with E-state index in [2.05, 4.69) is 0 Å². The van der Waals surface area contributed by atoms with Gasteiger partial charge < -0.3 is 15.2 Å². The molecule has 0 bridgehead atoms. The fourth-order valence-corrected chi connectivity index (χ4v) is 2.61. The van der Waals surface area contributed by atoms with Crippen LogP contribution in [0.4, 0.5) is 32.0 Å². The molecular formula is C16H12F6NNaO3. The molecule has 1 aliphatic carbocycles. The van der Waals surface area contributed by atoms with Crippen molar-refractivity contribution < 1.29 is 70.6 Å². The molecule has 0 fully saturated rings. The van der Waals surface area contributed by atoms with Crippen LogP contribution >= 0.6 is 0 Å². The summed E-state index contributed by atoms with van der Waals surface area (Å²) in [4.78, 5) is 23.2. The molecule has 0 atom stereocenters. The number of carboxylic acids is 1. The average Bonchev–Trinajstić information content (AvgIpc) is 2.52. The number of carbonyl (C=O) groups is 2. The van der Waals surface area contributed by atoms with Crippen molar-refractivity contribution in [2.24, 2.45) is 0 Å². The largest absolute Gasteiger partial charge is 1.00 e. The van der Waals surface area contributed by atoms with Gasteiger partial charge in [-0.3, -0.25) is 4.79 Å². The Balaban J connectivity index is 0.00000364. The predicted octanol–water partition coefficient (Wildman–Crippen LogP) is 0.287. The molecule has 0 aliphatic heterocycles. The minimum Gasteiger partial charge on any atom is -0.545 e. The number of benzene rings is 1. The van der Waals surface area contributed by atoms with Crippen LogP contribution in [0.5, 0.6) is 0 Å². The van der Waals surface area contributed by atoms with Gasteiger partial charge in [-0.2, -0.15) is 26.3 Å².